The molecule has 1 aliphatic heterocycles. The average Bonchev–Trinajstić information content (AvgIpc) is 3.14. The van der Waals surface area contributed by atoms with Crippen molar-refractivity contribution in [2.45, 2.75) is 77.5 Å². The summed E-state index contributed by atoms with van der Waals surface area (Å²) in [6.45, 7) is 6.34. The molecule has 1 atom stereocenters. The Morgan fingerprint density at radius 3 is 2.53 bits per heavy atom. The number of aryl methyl sites for hydroxylation is 2. The van der Waals surface area contributed by atoms with Gasteiger partial charge in [0.15, 0.2) is 0 Å². The van der Waals surface area contributed by atoms with Gasteiger partial charge in [-0.25, -0.2) is 0 Å². The molecule has 1 aliphatic rings. The van der Waals surface area contributed by atoms with Gasteiger partial charge in [0.2, 0.25) is 11.8 Å². The highest BCUT2D eigenvalue weighted by Crippen LogP contribution is 2.43. The van der Waals surface area contributed by atoms with Crippen molar-refractivity contribution >= 4 is 35.0 Å². The third-order valence-electron chi connectivity index (χ3n) is 5.94. The van der Waals surface area contributed by atoms with Crippen molar-refractivity contribution < 1.29 is 9.59 Å². The quantitative estimate of drug-likeness (QED) is 0.368. The minimum Gasteiger partial charge on any atom is -0.326 e. The van der Waals surface area contributed by atoms with Gasteiger partial charge in [-0.3, -0.25) is 14.5 Å². The van der Waals surface area contributed by atoms with Gasteiger partial charge in [0.25, 0.3) is 0 Å². The van der Waals surface area contributed by atoms with Gasteiger partial charge in [-0.05, 0) is 49.6 Å². The van der Waals surface area contributed by atoms with Gasteiger partial charge >= 0.3 is 0 Å². The van der Waals surface area contributed by atoms with Gasteiger partial charge < -0.3 is 5.32 Å². The summed E-state index contributed by atoms with van der Waals surface area (Å²) in [7, 11) is 0. The smallest absolute Gasteiger partial charge is 0.238 e. The first-order valence-electron chi connectivity index (χ1n) is 11.9. The molecular weight excluding hydrogens is 416 g/mol. The summed E-state index contributed by atoms with van der Waals surface area (Å²) in [5, 5.41) is 2.97. The number of anilines is 2. The fraction of sp³-hybridized carbons (Fsp3) is 0.481. The Hall–Kier alpha value is -2.27. The highest BCUT2D eigenvalue weighted by atomic mass is 32.2. The number of carbonyl (C=O) groups is 2. The lowest BCUT2D eigenvalue weighted by atomic mass is 10.1. The fourth-order valence-electron chi connectivity index (χ4n) is 4.24. The molecule has 1 unspecified atom stereocenters. The number of thioether (sulfide) groups is 1. The van der Waals surface area contributed by atoms with Gasteiger partial charge in [0.1, 0.15) is 5.37 Å². The van der Waals surface area contributed by atoms with Crippen molar-refractivity contribution in [2.75, 3.05) is 16.0 Å². The van der Waals surface area contributed by atoms with Crippen LogP contribution in [-0.2, 0) is 9.59 Å². The molecule has 3 rings (SSSR count). The summed E-state index contributed by atoms with van der Waals surface area (Å²) in [4.78, 5) is 27.0. The van der Waals surface area contributed by atoms with E-state index in [1.54, 1.807) is 11.8 Å². The summed E-state index contributed by atoms with van der Waals surface area (Å²) in [5.41, 5.74) is 5.09. The Morgan fingerprint density at radius 2 is 1.78 bits per heavy atom. The zero-order chi connectivity index (χ0) is 22.9. The molecule has 2 aromatic carbocycles. The lowest BCUT2D eigenvalue weighted by Crippen LogP contribution is -2.28. The van der Waals surface area contributed by atoms with Gasteiger partial charge in [-0.15, -0.1) is 11.8 Å². The molecule has 4 nitrogen and oxygen atoms in total. The number of hydrogen-bond acceptors (Lipinski definition) is 3. The van der Waals surface area contributed by atoms with Crippen LogP contribution in [0.3, 0.4) is 0 Å². The predicted octanol–water partition coefficient (Wildman–Crippen LogP) is 7.16. The number of benzene rings is 2. The average molecular weight is 453 g/mol. The fourth-order valence-corrected chi connectivity index (χ4v) is 5.40. The molecular formula is C27H36N2O2S. The Labute approximate surface area is 197 Å². The molecule has 0 aromatic heterocycles. The summed E-state index contributed by atoms with van der Waals surface area (Å²) in [6.07, 6.45) is 8.96. The third-order valence-corrected chi connectivity index (χ3v) is 7.15. The van der Waals surface area contributed by atoms with E-state index in [4.69, 9.17) is 0 Å². The van der Waals surface area contributed by atoms with Crippen molar-refractivity contribution in [3.8, 4) is 0 Å². The van der Waals surface area contributed by atoms with E-state index in [1.165, 1.54) is 37.7 Å². The van der Waals surface area contributed by atoms with Crippen LogP contribution in [0.5, 0.6) is 0 Å². The van der Waals surface area contributed by atoms with Crippen molar-refractivity contribution in [3.05, 3.63) is 59.2 Å². The summed E-state index contributed by atoms with van der Waals surface area (Å²) in [5.74, 6) is 0.657. The van der Waals surface area contributed by atoms with Gasteiger partial charge in [-0.2, -0.15) is 0 Å². The van der Waals surface area contributed by atoms with Crippen LogP contribution < -0.4 is 10.2 Å². The molecule has 5 heteroatoms. The molecule has 172 valence electrons. The van der Waals surface area contributed by atoms with Gasteiger partial charge in [-0.1, -0.05) is 75.3 Å². The van der Waals surface area contributed by atoms with Crippen molar-refractivity contribution in [3.63, 3.8) is 0 Å². The van der Waals surface area contributed by atoms with Gasteiger partial charge in [0.05, 0.1) is 5.75 Å². The van der Waals surface area contributed by atoms with E-state index in [0.29, 0.717) is 12.2 Å². The topological polar surface area (TPSA) is 49.4 Å². The first kappa shape index (κ1) is 24.4. The molecule has 2 amide bonds. The molecule has 1 saturated heterocycles. The second-order valence-corrected chi connectivity index (χ2v) is 9.83. The Morgan fingerprint density at radius 1 is 1.03 bits per heavy atom. The molecule has 2 aromatic rings. The molecule has 1 heterocycles. The van der Waals surface area contributed by atoms with E-state index in [0.717, 1.165) is 35.3 Å². The zero-order valence-electron chi connectivity index (χ0n) is 19.7. The maximum atomic E-state index is 12.7. The minimum absolute atomic E-state index is 0.0668. The van der Waals surface area contributed by atoms with Crippen LogP contribution in [0.15, 0.2) is 42.5 Å². The van der Waals surface area contributed by atoms with Crippen LogP contribution in [0.2, 0.25) is 0 Å². The highest BCUT2D eigenvalue weighted by Gasteiger charge is 2.34. The van der Waals surface area contributed by atoms with Crippen LogP contribution in [0.1, 0.15) is 80.4 Å². The third kappa shape index (κ3) is 6.61. The van der Waals surface area contributed by atoms with Crippen LogP contribution in [0.4, 0.5) is 11.4 Å². The normalized spacial score (nSPS) is 15.9. The maximum Gasteiger partial charge on any atom is 0.238 e. The predicted molar refractivity (Wildman–Crippen MR) is 136 cm³/mol. The molecule has 1 fully saturated rings. The largest absolute Gasteiger partial charge is 0.326 e. The van der Waals surface area contributed by atoms with E-state index in [2.05, 4.69) is 38.2 Å². The van der Waals surface area contributed by atoms with Crippen LogP contribution in [-0.4, -0.2) is 17.6 Å². The van der Waals surface area contributed by atoms with Gasteiger partial charge in [0, 0.05) is 17.8 Å². The summed E-state index contributed by atoms with van der Waals surface area (Å²) < 4.78 is 0. The second-order valence-electron chi connectivity index (χ2n) is 8.76. The van der Waals surface area contributed by atoms with E-state index in [1.807, 2.05) is 35.2 Å². The second kappa shape index (κ2) is 12.1. The van der Waals surface area contributed by atoms with E-state index >= 15 is 0 Å². The van der Waals surface area contributed by atoms with Crippen LogP contribution in [0.25, 0.3) is 0 Å². The monoisotopic (exact) mass is 452 g/mol. The minimum atomic E-state index is -0.0797. The SMILES string of the molecule is CCCCCCCCCC(=O)Nc1cccc(C2SCC(=O)N2c2ccc(C)cc2C)c1. The highest BCUT2D eigenvalue weighted by molar-refractivity contribution is 8.00. The summed E-state index contributed by atoms with van der Waals surface area (Å²) in [6, 6.07) is 14.1. The molecule has 32 heavy (non-hydrogen) atoms. The molecule has 0 spiro atoms. The first-order chi connectivity index (χ1) is 15.5. The van der Waals surface area contributed by atoms with E-state index in [-0.39, 0.29) is 17.2 Å². The van der Waals surface area contributed by atoms with Crippen molar-refractivity contribution in [2.24, 2.45) is 0 Å². The van der Waals surface area contributed by atoms with E-state index < -0.39 is 0 Å². The maximum absolute atomic E-state index is 12.7. The Balaban J connectivity index is 1.60. The first-order valence-corrected chi connectivity index (χ1v) is 12.9. The number of hydrogen-bond donors (Lipinski definition) is 1. The molecule has 0 saturated carbocycles. The van der Waals surface area contributed by atoms with Crippen LogP contribution >= 0.6 is 11.8 Å². The van der Waals surface area contributed by atoms with Crippen molar-refractivity contribution in [1.29, 1.82) is 0 Å². The number of unbranched alkanes of at least 4 members (excludes halogenated alkanes) is 6. The summed E-state index contributed by atoms with van der Waals surface area (Å²) >= 11 is 1.64. The molecule has 1 N–H and O–H groups in total. The number of amides is 2. The number of nitrogens with one attached hydrogen (secondary N) is 1. The number of nitrogens with zero attached hydrogens (tertiary/aromatic N) is 1. The van der Waals surface area contributed by atoms with E-state index in [9.17, 15) is 9.59 Å². The number of rotatable bonds is 11. The standard InChI is InChI=1S/C27H36N2O2S/c1-4-5-6-7-8-9-10-14-25(30)28-23-13-11-12-22(18-23)27-29(26(31)19-32-27)24-16-15-20(2)17-21(24)3/h11-13,15-18,27H,4-10,14,19H2,1-3H3,(H,28,30). The molecule has 0 radical (unpaired) electrons. The Kier molecular flexibility index (Phi) is 9.22. The van der Waals surface area contributed by atoms with Crippen molar-refractivity contribution in [1.82, 2.24) is 0 Å². The lowest BCUT2D eigenvalue weighted by Gasteiger charge is -2.26. The lowest BCUT2D eigenvalue weighted by molar-refractivity contribution is -0.117. The van der Waals surface area contributed by atoms with Crippen LogP contribution in [0, 0.1) is 13.8 Å². The zero-order valence-corrected chi connectivity index (χ0v) is 20.5. The molecule has 0 aliphatic carbocycles. The Bertz CT molecular complexity index is 928. The number of carbonyl (C=O) groups excluding carboxylic acids is 2. The molecule has 0 bridgehead atoms.